The van der Waals surface area contributed by atoms with Crippen LogP contribution in [0.3, 0.4) is 0 Å². The third-order valence-corrected chi connectivity index (χ3v) is 5.18. The lowest BCUT2D eigenvalue weighted by molar-refractivity contribution is -0.141. The van der Waals surface area contributed by atoms with Crippen molar-refractivity contribution < 1.29 is 19.1 Å². The normalized spacial score (nSPS) is 12.6. The van der Waals surface area contributed by atoms with Crippen LogP contribution in [0, 0.1) is 12.3 Å². The van der Waals surface area contributed by atoms with Gasteiger partial charge in [-0.25, -0.2) is 4.79 Å². The monoisotopic (exact) mass is 487 g/mol. The lowest BCUT2D eigenvalue weighted by Crippen LogP contribution is -2.53. The molecule has 0 saturated heterocycles. The molecule has 2 atom stereocenters. The van der Waals surface area contributed by atoms with Gasteiger partial charge in [0.15, 0.2) is 0 Å². The molecule has 0 aliphatic rings. The standard InChI is InChI=1S/C26H37N3O4S/c1-7-10-11-16-27-23(30)22(20-14-12-19(9-3)13-15-20)29(17-8-2)24(31)21(18-34)28-25(32)33-26(4,5)6/h3,8,12-15,21-22,34H,2,7,10-11,16-18H2,1,4-6H3,(H,27,30)(H,28,32). The van der Waals surface area contributed by atoms with Crippen LogP contribution in [-0.4, -0.2) is 53.3 Å². The van der Waals surface area contributed by atoms with Gasteiger partial charge in [-0.3, -0.25) is 9.59 Å². The molecule has 0 aliphatic carbocycles. The van der Waals surface area contributed by atoms with Crippen molar-refractivity contribution in [2.75, 3.05) is 18.8 Å². The molecule has 0 spiro atoms. The Morgan fingerprint density at radius 2 is 1.88 bits per heavy atom. The summed E-state index contributed by atoms with van der Waals surface area (Å²) in [5, 5.41) is 5.49. The zero-order valence-corrected chi connectivity index (χ0v) is 21.5. The highest BCUT2D eigenvalue weighted by molar-refractivity contribution is 7.80. The Morgan fingerprint density at radius 3 is 2.38 bits per heavy atom. The van der Waals surface area contributed by atoms with Crippen LogP contribution in [-0.2, 0) is 14.3 Å². The van der Waals surface area contributed by atoms with Crippen LogP contribution in [0.1, 0.15) is 64.1 Å². The van der Waals surface area contributed by atoms with Gasteiger partial charge in [0.25, 0.3) is 0 Å². The number of carbonyl (C=O) groups excluding carboxylic acids is 3. The minimum Gasteiger partial charge on any atom is -0.444 e. The molecule has 2 N–H and O–H groups in total. The fraction of sp³-hybridized carbons (Fsp3) is 0.500. The summed E-state index contributed by atoms with van der Waals surface area (Å²) in [6.45, 7) is 11.6. The van der Waals surface area contributed by atoms with Crippen molar-refractivity contribution in [3.63, 3.8) is 0 Å². The van der Waals surface area contributed by atoms with Crippen molar-refractivity contribution in [2.24, 2.45) is 0 Å². The second kappa shape index (κ2) is 14.4. The number of rotatable bonds is 12. The number of thiol groups is 1. The van der Waals surface area contributed by atoms with Gasteiger partial charge in [0.1, 0.15) is 17.7 Å². The molecular weight excluding hydrogens is 450 g/mol. The Bertz CT molecular complexity index is 872. The molecule has 7 nitrogen and oxygen atoms in total. The largest absolute Gasteiger partial charge is 0.444 e. The molecule has 0 heterocycles. The molecule has 0 saturated carbocycles. The number of nitrogens with one attached hydrogen (secondary N) is 2. The van der Waals surface area contributed by atoms with E-state index >= 15 is 0 Å². The van der Waals surface area contributed by atoms with Gasteiger partial charge in [-0.2, -0.15) is 12.6 Å². The highest BCUT2D eigenvalue weighted by Crippen LogP contribution is 2.23. The first kappa shape index (κ1) is 29.1. The van der Waals surface area contributed by atoms with Gasteiger partial charge in [0, 0.05) is 24.4 Å². The summed E-state index contributed by atoms with van der Waals surface area (Å²) in [7, 11) is 0. The molecule has 0 bridgehead atoms. The lowest BCUT2D eigenvalue weighted by Gasteiger charge is -2.33. The van der Waals surface area contributed by atoms with Crippen LogP contribution in [0.5, 0.6) is 0 Å². The first-order valence-corrected chi connectivity index (χ1v) is 12.1. The Balaban J connectivity index is 3.27. The van der Waals surface area contributed by atoms with Gasteiger partial charge in [0.05, 0.1) is 0 Å². The SMILES string of the molecule is C#Cc1ccc(C(C(=O)NCCCCC)N(CC=C)C(=O)C(CS)NC(=O)OC(C)(C)C)cc1. The third kappa shape index (κ3) is 9.52. The summed E-state index contributed by atoms with van der Waals surface area (Å²) in [4.78, 5) is 40.5. The van der Waals surface area contributed by atoms with E-state index in [4.69, 9.17) is 11.2 Å². The summed E-state index contributed by atoms with van der Waals surface area (Å²) in [6.07, 6.45) is 9.10. The van der Waals surface area contributed by atoms with Crippen LogP contribution in [0.15, 0.2) is 36.9 Å². The Morgan fingerprint density at radius 1 is 1.24 bits per heavy atom. The maximum Gasteiger partial charge on any atom is 0.408 e. The zero-order chi connectivity index (χ0) is 25.7. The van der Waals surface area contributed by atoms with Crippen molar-refractivity contribution in [1.29, 1.82) is 0 Å². The van der Waals surface area contributed by atoms with E-state index in [9.17, 15) is 14.4 Å². The number of nitrogens with zero attached hydrogens (tertiary/aromatic N) is 1. The van der Waals surface area contributed by atoms with Crippen LogP contribution < -0.4 is 10.6 Å². The number of alkyl carbamates (subject to hydrolysis) is 1. The second-order valence-corrected chi connectivity index (χ2v) is 9.19. The van der Waals surface area contributed by atoms with Gasteiger partial charge in [0.2, 0.25) is 11.8 Å². The fourth-order valence-electron chi connectivity index (χ4n) is 3.21. The number of amides is 3. The van der Waals surface area contributed by atoms with E-state index < -0.39 is 29.7 Å². The third-order valence-electron chi connectivity index (χ3n) is 4.81. The number of carbonyl (C=O) groups is 3. The second-order valence-electron chi connectivity index (χ2n) is 8.83. The van der Waals surface area contributed by atoms with Gasteiger partial charge >= 0.3 is 6.09 Å². The van der Waals surface area contributed by atoms with Crippen LogP contribution in [0.2, 0.25) is 0 Å². The smallest absolute Gasteiger partial charge is 0.408 e. The molecule has 2 unspecified atom stereocenters. The van der Waals surface area contributed by atoms with Crippen LogP contribution in [0.25, 0.3) is 0 Å². The molecule has 34 heavy (non-hydrogen) atoms. The van der Waals surface area contributed by atoms with E-state index in [1.807, 2.05) is 0 Å². The Kier molecular flexibility index (Phi) is 12.3. The Labute approximate surface area is 209 Å². The summed E-state index contributed by atoms with van der Waals surface area (Å²) < 4.78 is 5.28. The number of hydrogen-bond donors (Lipinski definition) is 3. The molecule has 3 amide bonds. The molecule has 0 aliphatic heterocycles. The summed E-state index contributed by atoms with van der Waals surface area (Å²) >= 11 is 4.25. The van der Waals surface area contributed by atoms with E-state index in [-0.39, 0.29) is 18.2 Å². The molecule has 8 heteroatoms. The maximum atomic E-state index is 13.5. The zero-order valence-electron chi connectivity index (χ0n) is 20.6. The quantitative estimate of drug-likeness (QED) is 0.181. The van der Waals surface area contributed by atoms with Gasteiger partial charge in [-0.15, -0.1) is 13.0 Å². The molecule has 1 rings (SSSR count). The summed E-state index contributed by atoms with van der Waals surface area (Å²) in [6, 6.07) is 4.95. The van der Waals surface area contributed by atoms with E-state index in [0.717, 1.165) is 19.3 Å². The number of terminal acetylenes is 1. The molecule has 186 valence electrons. The predicted molar refractivity (Wildman–Crippen MR) is 139 cm³/mol. The maximum absolute atomic E-state index is 13.5. The van der Waals surface area contributed by atoms with Gasteiger partial charge in [-0.05, 0) is 44.9 Å². The molecule has 1 aromatic rings. The number of unbranched alkanes of at least 4 members (excludes halogenated alkanes) is 2. The van der Waals surface area contributed by atoms with E-state index in [2.05, 4.69) is 42.7 Å². The van der Waals surface area contributed by atoms with E-state index in [1.54, 1.807) is 45.0 Å². The first-order chi connectivity index (χ1) is 16.1. The average molecular weight is 488 g/mol. The highest BCUT2D eigenvalue weighted by Gasteiger charge is 2.35. The van der Waals surface area contributed by atoms with E-state index in [0.29, 0.717) is 17.7 Å². The topological polar surface area (TPSA) is 87.7 Å². The van der Waals surface area contributed by atoms with Crippen molar-refractivity contribution in [3.05, 3.63) is 48.0 Å². The fourth-order valence-corrected chi connectivity index (χ4v) is 3.46. The minimum atomic E-state index is -1.00. The molecule has 0 aromatic heterocycles. The molecule has 0 radical (unpaired) electrons. The number of hydrogen-bond acceptors (Lipinski definition) is 5. The summed E-state index contributed by atoms with van der Waals surface area (Å²) in [5.74, 6) is 1.77. The van der Waals surface area contributed by atoms with Gasteiger partial charge < -0.3 is 20.3 Å². The van der Waals surface area contributed by atoms with Crippen LogP contribution in [0.4, 0.5) is 4.79 Å². The summed E-state index contributed by atoms with van der Waals surface area (Å²) in [5.41, 5.74) is 0.527. The lowest BCUT2D eigenvalue weighted by atomic mass is 10.0. The van der Waals surface area contributed by atoms with Crippen molar-refractivity contribution in [1.82, 2.24) is 15.5 Å². The predicted octanol–water partition coefficient (Wildman–Crippen LogP) is 3.85. The molecule has 1 aromatic carbocycles. The molecule has 0 fully saturated rings. The van der Waals surface area contributed by atoms with Crippen molar-refractivity contribution in [3.8, 4) is 12.3 Å². The van der Waals surface area contributed by atoms with E-state index in [1.165, 1.54) is 11.0 Å². The highest BCUT2D eigenvalue weighted by atomic mass is 32.1. The average Bonchev–Trinajstić information content (AvgIpc) is 2.78. The molecular formula is C26H37N3O4S. The van der Waals surface area contributed by atoms with Gasteiger partial charge in [-0.1, -0.05) is 43.9 Å². The van der Waals surface area contributed by atoms with Crippen LogP contribution >= 0.6 is 12.6 Å². The van der Waals surface area contributed by atoms with Crippen molar-refractivity contribution in [2.45, 2.75) is 64.6 Å². The number of ether oxygens (including phenoxy) is 1. The number of benzene rings is 1. The minimum absolute atomic E-state index is 0.0204. The first-order valence-electron chi connectivity index (χ1n) is 11.4. The van der Waals surface area contributed by atoms with Crippen molar-refractivity contribution >= 4 is 30.5 Å². The Hall–Kier alpha value is -2.92.